The van der Waals surface area contributed by atoms with Crippen molar-refractivity contribution < 1.29 is 57.5 Å². The number of carbonyl (C=O) groups is 5. The molecule has 0 bridgehead atoms. The summed E-state index contributed by atoms with van der Waals surface area (Å²) in [5.74, 6) is -2.55. The Labute approximate surface area is 402 Å². The third-order valence-corrected chi connectivity index (χ3v) is 12.5. The fraction of sp³-hybridized carbons (Fsp3) is 0.340. The molecular formula is C50H48Cl4O12. The van der Waals surface area contributed by atoms with E-state index < -0.39 is 41.0 Å². The molecule has 16 heteroatoms. The van der Waals surface area contributed by atoms with Gasteiger partial charge < -0.3 is 33.5 Å². The molecule has 8 rings (SSSR count). The fourth-order valence-corrected chi connectivity index (χ4v) is 9.24. The molecule has 0 saturated heterocycles. The van der Waals surface area contributed by atoms with Crippen LogP contribution in [-0.2, 0) is 65.6 Å². The molecule has 2 aliphatic carbocycles. The second-order valence-corrected chi connectivity index (χ2v) is 17.8. The molecule has 0 radical (unpaired) electrons. The minimum Gasteiger partial charge on any atom is -0.507 e. The van der Waals surface area contributed by atoms with Crippen LogP contribution in [0.25, 0.3) is 11.1 Å². The zero-order chi connectivity index (χ0) is 47.6. The van der Waals surface area contributed by atoms with E-state index in [9.17, 15) is 29.1 Å². The van der Waals surface area contributed by atoms with Gasteiger partial charge in [-0.25, -0.2) is 9.59 Å². The van der Waals surface area contributed by atoms with Crippen LogP contribution < -0.4 is 0 Å². The van der Waals surface area contributed by atoms with E-state index in [1.54, 1.807) is 36.4 Å². The largest absolute Gasteiger partial charge is 0.507 e. The number of ether oxygens (including phenoxy) is 6. The first kappa shape index (κ1) is 50.2. The molecule has 348 valence electrons. The van der Waals surface area contributed by atoms with Gasteiger partial charge in [0, 0.05) is 41.9 Å². The second kappa shape index (κ2) is 22.5. The molecular weight excluding hydrogens is 934 g/mol. The van der Waals surface area contributed by atoms with Crippen LogP contribution in [0.15, 0.2) is 109 Å². The zero-order valence-corrected chi connectivity index (χ0v) is 39.4. The molecule has 0 atom stereocenters. The minimum absolute atomic E-state index is 0.0336. The van der Waals surface area contributed by atoms with Gasteiger partial charge in [-0.15, -0.1) is 0 Å². The summed E-state index contributed by atoms with van der Waals surface area (Å²) in [7, 11) is 0. The third-order valence-electron chi connectivity index (χ3n) is 11.4. The summed E-state index contributed by atoms with van der Waals surface area (Å²) in [6.45, 7) is 4.74. The summed E-state index contributed by atoms with van der Waals surface area (Å²) >= 11 is 24.5. The lowest BCUT2D eigenvalue weighted by Crippen LogP contribution is -2.40. The average molecular weight is 983 g/mol. The summed E-state index contributed by atoms with van der Waals surface area (Å²) in [6.07, 6.45) is 4.87. The van der Waals surface area contributed by atoms with Gasteiger partial charge in [-0.2, -0.15) is 0 Å². The van der Waals surface area contributed by atoms with Crippen molar-refractivity contribution in [3.8, 4) is 0 Å². The topological polar surface area (TPSA) is 161 Å². The molecule has 4 aromatic rings. The Bertz CT molecular complexity index is 2480. The van der Waals surface area contributed by atoms with Crippen LogP contribution in [0, 0.1) is 0 Å². The predicted molar refractivity (Wildman–Crippen MR) is 248 cm³/mol. The van der Waals surface area contributed by atoms with Crippen LogP contribution in [-0.4, -0.2) is 58.4 Å². The monoisotopic (exact) mass is 980 g/mol. The number of aliphatic hydroxyl groups excluding tert-OH is 1. The normalized spacial score (nSPS) is 22.2. The standard InChI is InChI=1S/C24H22Cl2O5.C22H20Cl2O4.C4H6O3/c1-15(27)30-22-21(19-8-7-17(25)13-20(19)26)23(28)31-24(22)11-9-18(10-12-24)29-14-16-5-3-2-4-6-16;23-15-6-7-17(18(24)12-15)19-20(25)22(28-21(19)26)10-8-16(9-11-22)27-13-14-4-2-1-3-5-14;1-3(5)7-4(2)6/h2-8,13,18H,9-12,14H2,1H3;1-7,12,16,25H,8-11,13H2;1-2H3. The van der Waals surface area contributed by atoms with Gasteiger partial charge in [0.15, 0.2) is 22.7 Å². The second-order valence-electron chi connectivity index (χ2n) is 16.1. The highest BCUT2D eigenvalue weighted by molar-refractivity contribution is 6.38. The molecule has 1 N–H and O–H groups in total. The van der Waals surface area contributed by atoms with Crippen LogP contribution in [0.4, 0.5) is 0 Å². The van der Waals surface area contributed by atoms with Crippen LogP contribution in [0.2, 0.25) is 20.1 Å². The maximum absolute atomic E-state index is 12.9. The van der Waals surface area contributed by atoms with E-state index in [1.807, 2.05) is 60.7 Å². The summed E-state index contributed by atoms with van der Waals surface area (Å²) in [5.41, 5.74) is 1.44. The summed E-state index contributed by atoms with van der Waals surface area (Å²) in [6, 6.07) is 29.6. The summed E-state index contributed by atoms with van der Waals surface area (Å²) in [4.78, 5) is 56.9. The summed E-state index contributed by atoms with van der Waals surface area (Å²) in [5, 5.41) is 12.4. The Morgan fingerprint density at radius 3 is 1.41 bits per heavy atom. The SMILES string of the molecule is CC(=O)OC(C)=O.CC(=O)OC1=C(c2ccc(Cl)cc2Cl)C(=O)OC12CCC(OCc1ccccc1)CC2.O=C1OC2(CCC(OCc3ccccc3)CC2)C(O)=C1c1ccc(Cl)cc1Cl. The van der Waals surface area contributed by atoms with Crippen molar-refractivity contribution in [3.05, 3.63) is 151 Å². The predicted octanol–water partition coefficient (Wildman–Crippen LogP) is 11.5. The van der Waals surface area contributed by atoms with Gasteiger partial charge in [0.25, 0.3) is 0 Å². The van der Waals surface area contributed by atoms with Crippen molar-refractivity contribution >= 4 is 87.4 Å². The van der Waals surface area contributed by atoms with Crippen molar-refractivity contribution in [2.75, 3.05) is 0 Å². The Kier molecular flexibility index (Phi) is 17.1. The number of halogens is 4. The van der Waals surface area contributed by atoms with Gasteiger partial charge >= 0.3 is 29.8 Å². The maximum Gasteiger partial charge on any atom is 0.343 e. The van der Waals surface area contributed by atoms with Crippen molar-refractivity contribution in [3.63, 3.8) is 0 Å². The van der Waals surface area contributed by atoms with Gasteiger partial charge in [-0.1, -0.05) is 119 Å². The Morgan fingerprint density at radius 2 is 1.00 bits per heavy atom. The maximum atomic E-state index is 12.9. The van der Waals surface area contributed by atoms with Gasteiger partial charge in [-0.3, -0.25) is 14.4 Å². The minimum atomic E-state index is -0.992. The van der Waals surface area contributed by atoms with Gasteiger partial charge in [-0.05, 0) is 86.8 Å². The molecule has 2 heterocycles. The van der Waals surface area contributed by atoms with E-state index in [0.29, 0.717) is 95.8 Å². The number of hydrogen-bond donors (Lipinski definition) is 1. The first-order valence-electron chi connectivity index (χ1n) is 21.2. The Balaban J connectivity index is 0.000000192. The number of rotatable bonds is 9. The lowest BCUT2D eigenvalue weighted by atomic mass is 9.81. The van der Waals surface area contributed by atoms with Crippen molar-refractivity contribution in [1.82, 2.24) is 0 Å². The van der Waals surface area contributed by atoms with E-state index in [4.69, 9.17) is 70.1 Å². The fourth-order valence-electron chi connectivity index (χ4n) is 8.23. The third kappa shape index (κ3) is 12.6. The lowest BCUT2D eigenvalue weighted by molar-refractivity contribution is -0.158. The quantitative estimate of drug-likeness (QED) is 0.0961. The number of benzene rings is 4. The molecule has 0 aromatic heterocycles. The molecule has 2 spiro atoms. The van der Waals surface area contributed by atoms with Gasteiger partial charge in [0.2, 0.25) is 0 Å². The van der Waals surface area contributed by atoms with E-state index >= 15 is 0 Å². The Hall–Kier alpha value is -5.21. The van der Waals surface area contributed by atoms with E-state index in [0.717, 1.165) is 11.1 Å². The smallest absolute Gasteiger partial charge is 0.343 e. The van der Waals surface area contributed by atoms with E-state index in [1.165, 1.54) is 20.8 Å². The molecule has 12 nitrogen and oxygen atoms in total. The van der Waals surface area contributed by atoms with Crippen LogP contribution >= 0.6 is 46.4 Å². The number of carbonyl (C=O) groups excluding carboxylic acids is 5. The molecule has 0 amide bonds. The molecule has 66 heavy (non-hydrogen) atoms. The molecule has 2 saturated carbocycles. The number of hydrogen-bond acceptors (Lipinski definition) is 12. The lowest BCUT2D eigenvalue weighted by Gasteiger charge is -2.36. The molecule has 4 aliphatic rings. The zero-order valence-electron chi connectivity index (χ0n) is 36.4. The highest BCUT2D eigenvalue weighted by Gasteiger charge is 2.53. The van der Waals surface area contributed by atoms with E-state index in [-0.39, 0.29) is 34.9 Å². The molecule has 2 aliphatic heterocycles. The van der Waals surface area contributed by atoms with Crippen LogP contribution in [0.5, 0.6) is 0 Å². The number of esters is 5. The summed E-state index contributed by atoms with van der Waals surface area (Å²) < 4.78 is 33.1. The average Bonchev–Trinajstić information content (AvgIpc) is 3.66. The van der Waals surface area contributed by atoms with Crippen molar-refractivity contribution in [2.24, 2.45) is 0 Å². The first-order chi connectivity index (χ1) is 31.5. The van der Waals surface area contributed by atoms with Crippen molar-refractivity contribution in [2.45, 2.75) is 109 Å². The van der Waals surface area contributed by atoms with Crippen molar-refractivity contribution in [1.29, 1.82) is 0 Å². The van der Waals surface area contributed by atoms with Crippen LogP contribution in [0.3, 0.4) is 0 Å². The highest BCUT2D eigenvalue weighted by Crippen LogP contribution is 2.49. The molecule has 4 aromatic carbocycles. The molecule has 0 unspecified atom stereocenters. The van der Waals surface area contributed by atoms with Crippen LogP contribution in [0.1, 0.15) is 94.4 Å². The highest BCUT2D eigenvalue weighted by atomic mass is 35.5. The molecule has 2 fully saturated rings. The van der Waals surface area contributed by atoms with Gasteiger partial charge in [0.1, 0.15) is 11.1 Å². The van der Waals surface area contributed by atoms with E-state index in [2.05, 4.69) is 4.74 Å². The van der Waals surface area contributed by atoms with Gasteiger partial charge in [0.05, 0.1) is 35.5 Å². The first-order valence-corrected chi connectivity index (χ1v) is 22.7. The Morgan fingerprint density at radius 1 is 0.591 bits per heavy atom. The number of aliphatic hydroxyl groups is 1.